The summed E-state index contributed by atoms with van der Waals surface area (Å²) >= 11 is 0. The summed E-state index contributed by atoms with van der Waals surface area (Å²) < 4.78 is 0. The van der Waals surface area contributed by atoms with E-state index in [0.717, 1.165) is 0 Å². The SMILES string of the molecule is Cl.Cl.[AlH3].[BaH2]. The van der Waals surface area contributed by atoms with Crippen LogP contribution in [0.4, 0.5) is 0 Å². The minimum atomic E-state index is 0. The normalized spacial score (nSPS) is 0. The minimum absolute atomic E-state index is 0. The fraction of sp³-hybridized carbons (Fsp3) is 0. The average Bonchev–Trinajstić information content (AvgIpc) is 0. The quantitative estimate of drug-likeness (QED) is 0.465. The van der Waals surface area contributed by atoms with E-state index in [-0.39, 0.29) is 91.1 Å². The topological polar surface area (TPSA) is 0 Å². The van der Waals surface area contributed by atoms with Crippen molar-refractivity contribution < 1.29 is 0 Å². The summed E-state index contributed by atoms with van der Waals surface area (Å²) in [4.78, 5) is 0. The van der Waals surface area contributed by atoms with Crippen LogP contribution in [0.5, 0.6) is 0 Å². The molecule has 0 amide bonds. The molecular weight excluding hydrogens is 235 g/mol. The van der Waals surface area contributed by atoms with E-state index in [4.69, 9.17) is 0 Å². The first-order valence-corrected chi connectivity index (χ1v) is 0. The van der Waals surface area contributed by atoms with Gasteiger partial charge in [0.2, 0.25) is 0 Å². The van der Waals surface area contributed by atoms with Crippen molar-refractivity contribution in [3.05, 3.63) is 0 Å². The Hall–Kier alpha value is 2.68. The van der Waals surface area contributed by atoms with Gasteiger partial charge < -0.3 is 0 Å². The van der Waals surface area contributed by atoms with Crippen LogP contribution in [0.3, 0.4) is 0 Å². The van der Waals surface area contributed by atoms with Crippen LogP contribution in [0.1, 0.15) is 0 Å². The third-order valence-corrected chi connectivity index (χ3v) is 0. The van der Waals surface area contributed by atoms with Gasteiger partial charge in [-0.05, 0) is 0 Å². The second kappa shape index (κ2) is 17.3. The molecule has 0 bridgehead atoms. The number of hydrogen-bond donors (Lipinski definition) is 0. The molecule has 0 heterocycles. The molecule has 0 aromatic heterocycles. The van der Waals surface area contributed by atoms with E-state index in [1.54, 1.807) is 0 Å². The number of halogens is 2. The van der Waals surface area contributed by atoms with Gasteiger partial charge in [-0.1, -0.05) is 0 Å². The fourth-order valence-corrected chi connectivity index (χ4v) is 0. The van der Waals surface area contributed by atoms with Gasteiger partial charge in [0, 0.05) is 0 Å². The summed E-state index contributed by atoms with van der Waals surface area (Å²) in [7, 11) is 0. The summed E-state index contributed by atoms with van der Waals surface area (Å²) in [5.74, 6) is 0. The van der Waals surface area contributed by atoms with Crippen molar-refractivity contribution in [1.29, 1.82) is 0 Å². The van der Waals surface area contributed by atoms with Crippen LogP contribution < -0.4 is 0 Å². The molecule has 0 nitrogen and oxygen atoms in total. The van der Waals surface area contributed by atoms with E-state index in [9.17, 15) is 0 Å². The zero-order chi connectivity index (χ0) is 0. The maximum atomic E-state index is 0. The van der Waals surface area contributed by atoms with Crippen LogP contribution in [0.15, 0.2) is 0 Å². The van der Waals surface area contributed by atoms with Gasteiger partial charge in [0.05, 0.1) is 0 Å². The van der Waals surface area contributed by atoms with Crippen molar-refractivity contribution >= 4 is 91.1 Å². The molecule has 0 saturated carbocycles. The Kier molecular flexibility index (Phi) is 130. The summed E-state index contributed by atoms with van der Waals surface area (Å²) in [6, 6.07) is 0. The predicted molar refractivity (Wildman–Crippen MR) is 33.0 cm³/mol. The molecule has 0 radical (unpaired) electrons. The van der Waals surface area contributed by atoms with E-state index in [0.29, 0.717) is 0 Å². The molecule has 4 heavy (non-hydrogen) atoms. The molecular formula is H7AlBaCl2. The molecule has 0 saturated heterocycles. The standard InChI is InChI=1S/Al.Ba.2ClH.5H/h;;2*1H;;;;;. The molecule has 0 unspecified atom stereocenters. The number of hydrogen-bond acceptors (Lipinski definition) is 0. The molecule has 0 N–H and O–H groups in total. The van der Waals surface area contributed by atoms with Crippen LogP contribution in [0.25, 0.3) is 0 Å². The number of rotatable bonds is 0. The average molecular weight is 242 g/mol. The van der Waals surface area contributed by atoms with Gasteiger partial charge in [-0.25, -0.2) is 0 Å². The molecule has 0 spiro atoms. The van der Waals surface area contributed by atoms with Gasteiger partial charge in [-0.15, -0.1) is 24.8 Å². The molecule has 0 aliphatic carbocycles. The van der Waals surface area contributed by atoms with Gasteiger partial charge in [0.25, 0.3) is 0 Å². The molecule has 0 fully saturated rings. The van der Waals surface area contributed by atoms with Crippen molar-refractivity contribution in [2.75, 3.05) is 0 Å². The van der Waals surface area contributed by atoms with Crippen LogP contribution in [0, 0.1) is 0 Å². The second-order valence-electron chi connectivity index (χ2n) is 0. The van der Waals surface area contributed by atoms with Crippen LogP contribution in [0.2, 0.25) is 0 Å². The van der Waals surface area contributed by atoms with E-state index in [1.165, 1.54) is 0 Å². The summed E-state index contributed by atoms with van der Waals surface area (Å²) in [6.07, 6.45) is 0. The first-order valence-electron chi connectivity index (χ1n) is 0. The van der Waals surface area contributed by atoms with Crippen LogP contribution in [-0.4, -0.2) is 66.2 Å². The Morgan fingerprint density at radius 3 is 0.750 bits per heavy atom. The summed E-state index contributed by atoms with van der Waals surface area (Å²) in [5, 5.41) is 0. The van der Waals surface area contributed by atoms with E-state index >= 15 is 0 Å². The third kappa shape index (κ3) is 8.82. The van der Waals surface area contributed by atoms with Crippen LogP contribution in [-0.2, 0) is 0 Å². The fourth-order valence-electron chi connectivity index (χ4n) is 0. The zero-order valence-electron chi connectivity index (χ0n) is 0.816. The zero-order valence-corrected chi connectivity index (χ0v) is 2.45. The van der Waals surface area contributed by atoms with E-state index in [1.807, 2.05) is 0 Å². The molecule has 0 aromatic carbocycles. The Bertz CT molecular complexity index is 6.00. The van der Waals surface area contributed by atoms with Crippen molar-refractivity contribution in [3.8, 4) is 0 Å². The van der Waals surface area contributed by atoms with Gasteiger partial charge in [-0.2, -0.15) is 0 Å². The molecule has 26 valence electrons. The van der Waals surface area contributed by atoms with E-state index < -0.39 is 0 Å². The molecule has 0 aromatic rings. The second-order valence-corrected chi connectivity index (χ2v) is 0. The van der Waals surface area contributed by atoms with E-state index in [2.05, 4.69) is 0 Å². The Balaban J connectivity index is 0. The van der Waals surface area contributed by atoms with Gasteiger partial charge in [-0.3, -0.25) is 0 Å². The van der Waals surface area contributed by atoms with Crippen molar-refractivity contribution in [2.24, 2.45) is 0 Å². The Morgan fingerprint density at radius 1 is 0.750 bits per heavy atom. The Morgan fingerprint density at radius 2 is 0.750 bits per heavy atom. The monoisotopic (exact) mass is 242 g/mol. The maximum absolute atomic E-state index is 0. The van der Waals surface area contributed by atoms with Gasteiger partial charge in [0.15, 0.2) is 17.4 Å². The van der Waals surface area contributed by atoms with Gasteiger partial charge in [0.1, 0.15) is 0 Å². The predicted octanol–water partition coefficient (Wildman–Crippen LogP) is -1.26. The van der Waals surface area contributed by atoms with Crippen LogP contribution >= 0.6 is 24.8 Å². The molecule has 0 atom stereocenters. The summed E-state index contributed by atoms with van der Waals surface area (Å²) in [6.45, 7) is 0. The first kappa shape index (κ1) is 30.0. The molecule has 0 aliphatic heterocycles. The molecule has 0 aliphatic rings. The third-order valence-electron chi connectivity index (χ3n) is 0. The first-order chi connectivity index (χ1) is 0. The summed E-state index contributed by atoms with van der Waals surface area (Å²) in [5.41, 5.74) is 0. The van der Waals surface area contributed by atoms with Crippen molar-refractivity contribution in [2.45, 2.75) is 0 Å². The molecule has 4 heteroatoms. The van der Waals surface area contributed by atoms with Crippen molar-refractivity contribution in [3.63, 3.8) is 0 Å². The Labute approximate surface area is 89.1 Å². The van der Waals surface area contributed by atoms with Crippen molar-refractivity contribution in [1.82, 2.24) is 0 Å². The van der Waals surface area contributed by atoms with Gasteiger partial charge >= 0.3 is 48.9 Å². The molecule has 0 rings (SSSR count).